The van der Waals surface area contributed by atoms with Crippen LogP contribution < -0.4 is 16.6 Å². The number of rotatable bonds is 2. The van der Waals surface area contributed by atoms with Gasteiger partial charge in [-0.25, -0.2) is 10.8 Å². The molecule has 4 N–H and O–H groups in total. The Morgan fingerprint density at radius 3 is 2.63 bits per heavy atom. The number of guanidine groups is 1. The molecule has 0 bridgehead atoms. The predicted octanol–water partition coefficient (Wildman–Crippen LogP) is 3.56. The fraction of sp³-hybridized carbons (Fsp3) is 0.462. The van der Waals surface area contributed by atoms with Gasteiger partial charge in [-0.15, -0.1) is 0 Å². The van der Waals surface area contributed by atoms with Crippen LogP contribution in [-0.2, 0) is 0 Å². The minimum absolute atomic E-state index is 0.324. The smallest absolute Gasteiger partial charge is 0.210 e. The van der Waals surface area contributed by atoms with E-state index in [4.69, 9.17) is 29.0 Å². The van der Waals surface area contributed by atoms with Gasteiger partial charge in [0.25, 0.3) is 0 Å². The van der Waals surface area contributed by atoms with E-state index < -0.39 is 0 Å². The Labute approximate surface area is 123 Å². The van der Waals surface area contributed by atoms with E-state index in [9.17, 15) is 0 Å². The summed E-state index contributed by atoms with van der Waals surface area (Å²) in [5.74, 6) is 6.03. The lowest BCUT2D eigenvalue weighted by Gasteiger charge is -2.19. The Kier molecular flexibility index (Phi) is 5.31. The summed E-state index contributed by atoms with van der Waals surface area (Å²) in [4.78, 5) is 4.59. The van der Waals surface area contributed by atoms with Crippen molar-refractivity contribution >= 4 is 34.8 Å². The van der Waals surface area contributed by atoms with Crippen LogP contribution in [-0.4, -0.2) is 12.0 Å². The van der Waals surface area contributed by atoms with Gasteiger partial charge in [-0.1, -0.05) is 42.5 Å². The van der Waals surface area contributed by atoms with Crippen LogP contribution in [0.4, 0.5) is 5.69 Å². The SMILES string of the molecule is NNC(=NC1CCCCC1)Nc1cc(Cl)ccc1Cl. The number of anilines is 1. The third kappa shape index (κ3) is 4.27. The number of hydrogen-bond acceptors (Lipinski definition) is 2. The summed E-state index contributed by atoms with van der Waals surface area (Å²) in [6.07, 6.45) is 5.96. The highest BCUT2D eigenvalue weighted by Crippen LogP contribution is 2.26. The molecule has 0 saturated heterocycles. The maximum absolute atomic E-state index is 6.10. The number of hydrogen-bond donors (Lipinski definition) is 3. The van der Waals surface area contributed by atoms with Crippen LogP contribution in [0.1, 0.15) is 32.1 Å². The van der Waals surface area contributed by atoms with Crippen molar-refractivity contribution in [2.24, 2.45) is 10.8 Å². The fourth-order valence-corrected chi connectivity index (χ4v) is 2.56. The minimum Gasteiger partial charge on any atom is -0.324 e. The zero-order valence-corrected chi connectivity index (χ0v) is 12.1. The third-order valence-corrected chi connectivity index (χ3v) is 3.77. The Bertz CT molecular complexity index is 456. The molecule has 2 rings (SSSR count). The van der Waals surface area contributed by atoms with E-state index in [-0.39, 0.29) is 0 Å². The molecule has 1 aliphatic rings. The van der Waals surface area contributed by atoms with E-state index >= 15 is 0 Å². The van der Waals surface area contributed by atoms with Crippen LogP contribution in [0.25, 0.3) is 0 Å². The first-order valence-corrected chi connectivity index (χ1v) is 7.21. The third-order valence-electron chi connectivity index (χ3n) is 3.20. The van der Waals surface area contributed by atoms with E-state index in [1.165, 1.54) is 19.3 Å². The maximum Gasteiger partial charge on any atom is 0.210 e. The first-order chi connectivity index (χ1) is 9.19. The number of halogens is 2. The number of nitrogens with two attached hydrogens (primary N) is 1. The molecule has 19 heavy (non-hydrogen) atoms. The van der Waals surface area contributed by atoms with Gasteiger partial charge >= 0.3 is 0 Å². The number of benzene rings is 1. The average molecular weight is 301 g/mol. The summed E-state index contributed by atoms with van der Waals surface area (Å²) < 4.78 is 0. The van der Waals surface area contributed by atoms with Crippen LogP contribution in [0.3, 0.4) is 0 Å². The topological polar surface area (TPSA) is 62.4 Å². The Hall–Kier alpha value is -0.970. The predicted molar refractivity (Wildman–Crippen MR) is 81.7 cm³/mol. The molecule has 0 spiro atoms. The van der Waals surface area contributed by atoms with E-state index in [1.807, 2.05) is 0 Å². The Morgan fingerprint density at radius 2 is 1.95 bits per heavy atom. The summed E-state index contributed by atoms with van der Waals surface area (Å²) in [6.45, 7) is 0. The van der Waals surface area contributed by atoms with Crippen molar-refractivity contribution in [3.63, 3.8) is 0 Å². The first kappa shape index (κ1) is 14.4. The van der Waals surface area contributed by atoms with Crippen molar-refractivity contribution in [3.8, 4) is 0 Å². The van der Waals surface area contributed by atoms with E-state index in [2.05, 4.69) is 15.7 Å². The molecule has 4 nitrogen and oxygen atoms in total. The summed E-state index contributed by atoms with van der Waals surface area (Å²) >= 11 is 12.0. The molecule has 0 amide bonds. The van der Waals surface area contributed by atoms with Gasteiger partial charge in [-0.2, -0.15) is 0 Å². The van der Waals surface area contributed by atoms with Crippen LogP contribution in [0.2, 0.25) is 10.0 Å². The molecule has 0 heterocycles. The fourth-order valence-electron chi connectivity index (χ4n) is 2.22. The average Bonchev–Trinajstić information content (AvgIpc) is 2.43. The zero-order valence-electron chi connectivity index (χ0n) is 10.6. The molecule has 6 heteroatoms. The molecule has 0 aromatic heterocycles. The highest BCUT2D eigenvalue weighted by molar-refractivity contribution is 6.35. The zero-order chi connectivity index (χ0) is 13.7. The van der Waals surface area contributed by atoms with Crippen molar-refractivity contribution in [2.45, 2.75) is 38.1 Å². The van der Waals surface area contributed by atoms with Gasteiger partial charge in [0.05, 0.1) is 16.8 Å². The number of nitrogens with one attached hydrogen (secondary N) is 2. The van der Waals surface area contributed by atoms with Gasteiger partial charge in [0.2, 0.25) is 5.96 Å². The molecule has 0 atom stereocenters. The lowest BCUT2D eigenvalue weighted by molar-refractivity contribution is 0.442. The van der Waals surface area contributed by atoms with Gasteiger partial charge in [-0.3, -0.25) is 5.43 Å². The van der Waals surface area contributed by atoms with Crippen molar-refractivity contribution in [1.82, 2.24) is 5.43 Å². The molecule has 0 radical (unpaired) electrons. The minimum atomic E-state index is 0.324. The maximum atomic E-state index is 6.10. The van der Waals surface area contributed by atoms with Crippen LogP contribution in [0.5, 0.6) is 0 Å². The van der Waals surface area contributed by atoms with Crippen molar-refractivity contribution < 1.29 is 0 Å². The molecular formula is C13H18Cl2N4. The first-order valence-electron chi connectivity index (χ1n) is 6.45. The highest BCUT2D eigenvalue weighted by atomic mass is 35.5. The van der Waals surface area contributed by atoms with Gasteiger partial charge in [0.1, 0.15) is 0 Å². The second-order valence-electron chi connectivity index (χ2n) is 4.66. The second kappa shape index (κ2) is 6.98. The molecule has 0 unspecified atom stereocenters. The number of aliphatic imine (C=N–C) groups is 1. The van der Waals surface area contributed by atoms with Crippen molar-refractivity contribution in [2.75, 3.05) is 5.32 Å². The summed E-state index contributed by atoms with van der Waals surface area (Å²) in [5.41, 5.74) is 3.28. The monoisotopic (exact) mass is 300 g/mol. The van der Waals surface area contributed by atoms with Gasteiger partial charge in [0, 0.05) is 5.02 Å². The van der Waals surface area contributed by atoms with E-state index in [0.717, 1.165) is 12.8 Å². The normalized spacial score (nSPS) is 17.3. The molecule has 1 aromatic rings. The van der Waals surface area contributed by atoms with E-state index in [1.54, 1.807) is 18.2 Å². The largest absolute Gasteiger partial charge is 0.324 e. The lowest BCUT2D eigenvalue weighted by atomic mass is 9.96. The molecule has 1 saturated carbocycles. The van der Waals surface area contributed by atoms with Gasteiger partial charge < -0.3 is 5.32 Å². The van der Waals surface area contributed by atoms with Crippen LogP contribution >= 0.6 is 23.2 Å². The molecule has 1 fully saturated rings. The summed E-state index contributed by atoms with van der Waals surface area (Å²) in [5, 5.41) is 4.27. The lowest BCUT2D eigenvalue weighted by Crippen LogP contribution is -2.37. The Balaban J connectivity index is 2.09. The molecule has 1 aromatic carbocycles. The van der Waals surface area contributed by atoms with Crippen molar-refractivity contribution in [1.29, 1.82) is 0 Å². The highest BCUT2D eigenvalue weighted by Gasteiger charge is 2.13. The standard InChI is InChI=1S/C13H18Cl2N4/c14-9-6-7-11(15)12(8-9)18-13(19-16)17-10-4-2-1-3-5-10/h6-8,10H,1-5,16H2,(H2,17,18,19). The van der Waals surface area contributed by atoms with Crippen molar-refractivity contribution in [3.05, 3.63) is 28.2 Å². The van der Waals surface area contributed by atoms with Crippen LogP contribution in [0, 0.1) is 0 Å². The number of hydrazine groups is 1. The quantitative estimate of drug-likeness (QED) is 0.339. The summed E-state index contributed by atoms with van der Waals surface area (Å²) in [6, 6.07) is 5.55. The van der Waals surface area contributed by atoms with Gasteiger partial charge in [-0.05, 0) is 31.0 Å². The Morgan fingerprint density at radius 1 is 1.21 bits per heavy atom. The van der Waals surface area contributed by atoms with Gasteiger partial charge in [0.15, 0.2) is 0 Å². The molecule has 0 aliphatic heterocycles. The molecule has 104 valence electrons. The second-order valence-corrected chi connectivity index (χ2v) is 5.51. The van der Waals surface area contributed by atoms with Crippen LogP contribution in [0.15, 0.2) is 23.2 Å². The summed E-state index contributed by atoms with van der Waals surface area (Å²) in [7, 11) is 0. The molecule has 1 aliphatic carbocycles. The molecular weight excluding hydrogens is 283 g/mol. The number of nitrogens with zero attached hydrogens (tertiary/aromatic N) is 1. The van der Waals surface area contributed by atoms with E-state index in [0.29, 0.717) is 27.7 Å².